The van der Waals surface area contributed by atoms with E-state index in [1.54, 1.807) is 12.1 Å². The number of ether oxygens (including phenoxy) is 1. The summed E-state index contributed by atoms with van der Waals surface area (Å²) >= 11 is 0. The lowest BCUT2D eigenvalue weighted by atomic mass is 9.98. The van der Waals surface area contributed by atoms with Gasteiger partial charge < -0.3 is 14.9 Å². The highest BCUT2D eigenvalue weighted by atomic mass is 16.6. The van der Waals surface area contributed by atoms with Gasteiger partial charge in [0, 0.05) is 29.8 Å². The number of rotatable bonds is 2. The molecule has 4 rings (SSSR count). The zero-order valence-electron chi connectivity index (χ0n) is 13.7. The van der Waals surface area contributed by atoms with Crippen molar-refractivity contribution in [3.8, 4) is 34.1 Å². The molecule has 0 radical (unpaired) electrons. The number of hydrogen-bond donors (Lipinski definition) is 2. The van der Waals surface area contributed by atoms with Gasteiger partial charge in [-0.15, -0.1) is 0 Å². The highest BCUT2D eigenvalue weighted by Crippen LogP contribution is 2.41. The number of aromatic hydroxyl groups is 2. The van der Waals surface area contributed by atoms with E-state index >= 15 is 0 Å². The first-order chi connectivity index (χ1) is 12.5. The maximum atomic E-state index is 11.0. The molecule has 6 nitrogen and oxygen atoms in total. The Morgan fingerprint density at radius 1 is 0.923 bits per heavy atom. The van der Waals surface area contributed by atoms with Crippen molar-refractivity contribution >= 4 is 5.69 Å². The third kappa shape index (κ3) is 2.82. The molecule has 0 aliphatic carbocycles. The van der Waals surface area contributed by atoms with Crippen LogP contribution in [0.3, 0.4) is 0 Å². The molecule has 6 heteroatoms. The number of fused-ring (bicyclic) bond motifs is 2. The van der Waals surface area contributed by atoms with Gasteiger partial charge in [0.25, 0.3) is 5.69 Å². The maximum Gasteiger partial charge on any atom is 0.270 e. The maximum absolute atomic E-state index is 11.0. The molecule has 0 aromatic heterocycles. The molecule has 3 aromatic rings. The Morgan fingerprint density at radius 3 is 2.54 bits per heavy atom. The van der Waals surface area contributed by atoms with Crippen LogP contribution in [0.1, 0.15) is 11.1 Å². The Kier molecular flexibility index (Phi) is 3.73. The van der Waals surface area contributed by atoms with Gasteiger partial charge in [0.05, 0.1) is 4.92 Å². The van der Waals surface area contributed by atoms with E-state index in [4.69, 9.17) is 4.74 Å². The molecule has 0 amide bonds. The third-order valence-electron chi connectivity index (χ3n) is 4.49. The summed E-state index contributed by atoms with van der Waals surface area (Å²) in [5.41, 5.74) is 3.24. The van der Waals surface area contributed by atoms with Gasteiger partial charge in [0.1, 0.15) is 23.0 Å². The molecule has 3 aromatic carbocycles. The number of aryl methyl sites for hydroxylation is 1. The minimum Gasteiger partial charge on any atom is -0.508 e. The lowest BCUT2D eigenvalue weighted by molar-refractivity contribution is -0.384. The van der Waals surface area contributed by atoms with Crippen molar-refractivity contribution in [2.45, 2.75) is 12.8 Å². The van der Waals surface area contributed by atoms with Crippen molar-refractivity contribution in [2.24, 2.45) is 0 Å². The molecule has 0 fully saturated rings. The second kappa shape index (κ2) is 6.07. The van der Waals surface area contributed by atoms with Crippen molar-refractivity contribution in [2.75, 3.05) is 0 Å². The molecule has 0 saturated heterocycles. The Hall–Kier alpha value is -3.54. The van der Waals surface area contributed by atoms with E-state index in [-0.39, 0.29) is 17.2 Å². The van der Waals surface area contributed by atoms with Crippen LogP contribution in [0.5, 0.6) is 23.0 Å². The molecule has 0 bridgehead atoms. The van der Waals surface area contributed by atoms with Crippen molar-refractivity contribution in [3.63, 3.8) is 0 Å². The zero-order chi connectivity index (χ0) is 18.3. The summed E-state index contributed by atoms with van der Waals surface area (Å²) in [6.07, 6.45) is 1.20. The van der Waals surface area contributed by atoms with Crippen molar-refractivity contribution < 1.29 is 19.9 Å². The average Bonchev–Trinajstić information content (AvgIpc) is 2.80. The Morgan fingerprint density at radius 2 is 1.73 bits per heavy atom. The Bertz CT molecular complexity index is 1030. The van der Waals surface area contributed by atoms with E-state index in [1.165, 1.54) is 24.3 Å². The molecule has 2 N–H and O–H groups in total. The van der Waals surface area contributed by atoms with Gasteiger partial charge in [-0.2, -0.15) is 0 Å². The molecule has 1 heterocycles. The molecule has 130 valence electrons. The zero-order valence-corrected chi connectivity index (χ0v) is 13.7. The Balaban J connectivity index is 1.73. The fraction of sp³-hybridized carbons (Fsp3) is 0.100. The van der Waals surface area contributed by atoms with Crippen LogP contribution in [0.15, 0.2) is 54.6 Å². The number of nitro benzene ring substituents is 1. The van der Waals surface area contributed by atoms with E-state index in [0.717, 1.165) is 16.7 Å². The van der Waals surface area contributed by atoms with E-state index in [2.05, 4.69) is 0 Å². The van der Waals surface area contributed by atoms with Crippen molar-refractivity contribution in [3.05, 3.63) is 75.8 Å². The summed E-state index contributed by atoms with van der Waals surface area (Å²) in [5.74, 6) is 1.02. The lowest BCUT2D eigenvalue weighted by Crippen LogP contribution is -1.91. The molecule has 26 heavy (non-hydrogen) atoms. The predicted octanol–water partition coefficient (Wildman–Crippen LogP) is 4.56. The molecular formula is C20H15NO5. The van der Waals surface area contributed by atoms with Gasteiger partial charge in [0.15, 0.2) is 0 Å². The number of phenols is 2. The summed E-state index contributed by atoms with van der Waals surface area (Å²) in [6.45, 7) is 0. The normalized spacial score (nSPS) is 12.5. The van der Waals surface area contributed by atoms with Crippen LogP contribution in [-0.2, 0) is 12.8 Å². The van der Waals surface area contributed by atoms with Gasteiger partial charge >= 0.3 is 0 Å². The largest absolute Gasteiger partial charge is 0.508 e. The molecule has 0 spiro atoms. The molecule has 1 aliphatic rings. The van der Waals surface area contributed by atoms with Crippen molar-refractivity contribution in [1.29, 1.82) is 0 Å². The molecular weight excluding hydrogens is 334 g/mol. The monoisotopic (exact) mass is 349 g/mol. The standard InChI is InChI=1S/C20H15NO5/c22-16-10-18(23)17-6-4-14-8-13(5-7-19(14)26-20(17)11-16)12-2-1-3-15(9-12)21(24)25/h1-3,5,7-11,22-23H,4,6H2. The number of nitro groups is 1. The minimum atomic E-state index is -0.415. The summed E-state index contributed by atoms with van der Waals surface area (Å²) < 4.78 is 5.89. The van der Waals surface area contributed by atoms with Crippen molar-refractivity contribution in [1.82, 2.24) is 0 Å². The van der Waals surface area contributed by atoms with Gasteiger partial charge in [0.2, 0.25) is 0 Å². The van der Waals surface area contributed by atoms with Gasteiger partial charge in [-0.3, -0.25) is 10.1 Å². The highest BCUT2D eigenvalue weighted by Gasteiger charge is 2.19. The smallest absolute Gasteiger partial charge is 0.270 e. The topological polar surface area (TPSA) is 92.8 Å². The number of hydrogen-bond acceptors (Lipinski definition) is 5. The van der Waals surface area contributed by atoms with Crippen LogP contribution in [-0.4, -0.2) is 15.1 Å². The van der Waals surface area contributed by atoms with Crippen LogP contribution in [0.2, 0.25) is 0 Å². The first-order valence-corrected chi connectivity index (χ1v) is 8.12. The van der Waals surface area contributed by atoms with Crippen LogP contribution in [0.4, 0.5) is 5.69 Å². The molecule has 1 aliphatic heterocycles. The minimum absolute atomic E-state index is 0.00622. The summed E-state index contributed by atoms with van der Waals surface area (Å²) in [7, 11) is 0. The van der Waals surface area contributed by atoms with Crippen LogP contribution in [0, 0.1) is 10.1 Å². The van der Waals surface area contributed by atoms with E-state index in [9.17, 15) is 20.3 Å². The molecule has 0 saturated carbocycles. The SMILES string of the molecule is O=[N+]([O-])c1cccc(-c2ccc3c(c2)CCc2c(O)cc(O)cc2O3)c1. The van der Waals surface area contributed by atoms with E-state index in [0.29, 0.717) is 29.9 Å². The van der Waals surface area contributed by atoms with Crippen LogP contribution >= 0.6 is 0 Å². The quantitative estimate of drug-likeness (QED) is 0.522. The fourth-order valence-corrected chi connectivity index (χ4v) is 3.19. The van der Waals surface area contributed by atoms with Crippen LogP contribution in [0.25, 0.3) is 11.1 Å². The lowest BCUT2D eigenvalue weighted by Gasteiger charge is -2.11. The van der Waals surface area contributed by atoms with Gasteiger partial charge in [-0.25, -0.2) is 0 Å². The fourth-order valence-electron chi connectivity index (χ4n) is 3.19. The van der Waals surface area contributed by atoms with Gasteiger partial charge in [-0.05, 0) is 41.7 Å². The number of non-ortho nitro benzene ring substituents is 1. The second-order valence-corrected chi connectivity index (χ2v) is 6.17. The third-order valence-corrected chi connectivity index (χ3v) is 4.49. The molecule has 0 unspecified atom stereocenters. The highest BCUT2D eigenvalue weighted by molar-refractivity contribution is 5.68. The van der Waals surface area contributed by atoms with E-state index < -0.39 is 4.92 Å². The summed E-state index contributed by atoms with van der Waals surface area (Å²) in [4.78, 5) is 10.6. The van der Waals surface area contributed by atoms with E-state index in [1.807, 2.05) is 18.2 Å². The number of phenolic OH excluding ortho intramolecular Hbond substituents is 2. The average molecular weight is 349 g/mol. The number of nitrogens with zero attached hydrogens (tertiary/aromatic N) is 1. The summed E-state index contributed by atoms with van der Waals surface area (Å²) in [5, 5.41) is 30.7. The first-order valence-electron chi connectivity index (χ1n) is 8.12. The first kappa shape index (κ1) is 16.0. The molecule has 0 atom stereocenters. The summed E-state index contributed by atoms with van der Waals surface area (Å²) in [6, 6.07) is 14.9. The number of benzene rings is 3. The Labute approximate surface area is 149 Å². The second-order valence-electron chi connectivity index (χ2n) is 6.17. The van der Waals surface area contributed by atoms with Crippen LogP contribution < -0.4 is 4.74 Å². The predicted molar refractivity (Wildman–Crippen MR) is 95.8 cm³/mol. The van der Waals surface area contributed by atoms with Gasteiger partial charge in [-0.1, -0.05) is 18.2 Å².